The molecule has 0 aromatic carbocycles. The summed E-state index contributed by atoms with van der Waals surface area (Å²) in [7, 11) is 1.78. The van der Waals surface area contributed by atoms with Crippen molar-refractivity contribution in [3.05, 3.63) is 6.33 Å². The lowest BCUT2D eigenvalue weighted by Crippen LogP contribution is -2.36. The number of hydrogen-bond donors (Lipinski definition) is 1. The van der Waals surface area contributed by atoms with Gasteiger partial charge in [0.05, 0.1) is 13.2 Å². The SMILES string of the molecule is CCC1(COc2nc(N)n(C)c3ncnc2-3)OCCO1. The Labute approximate surface area is 116 Å². The summed E-state index contributed by atoms with van der Waals surface area (Å²) in [5, 5.41) is 0. The molecule has 0 aliphatic carbocycles. The van der Waals surface area contributed by atoms with Crippen LogP contribution in [-0.4, -0.2) is 45.1 Å². The number of aromatic nitrogens is 4. The molecule has 2 N–H and O–H groups in total. The Morgan fingerprint density at radius 1 is 1.40 bits per heavy atom. The van der Waals surface area contributed by atoms with Gasteiger partial charge in [0, 0.05) is 13.5 Å². The highest BCUT2D eigenvalue weighted by Gasteiger charge is 2.36. The predicted molar refractivity (Wildman–Crippen MR) is 70.3 cm³/mol. The minimum absolute atomic E-state index is 0.242. The van der Waals surface area contributed by atoms with E-state index in [0.717, 1.165) is 0 Å². The van der Waals surface area contributed by atoms with E-state index in [-0.39, 0.29) is 6.61 Å². The summed E-state index contributed by atoms with van der Waals surface area (Å²) < 4.78 is 18.6. The number of anilines is 1. The first-order chi connectivity index (χ1) is 9.65. The predicted octanol–water partition coefficient (Wildman–Crippen LogP) is 0.429. The topological polar surface area (TPSA) is 97.3 Å². The Balaban J connectivity index is 1.85. The Morgan fingerprint density at radius 2 is 2.15 bits per heavy atom. The number of hydrogen-bond acceptors (Lipinski definition) is 7. The fourth-order valence-corrected chi connectivity index (χ4v) is 2.16. The molecular formula is C12H17N5O3. The molecule has 3 aliphatic heterocycles. The molecule has 3 aliphatic rings. The van der Waals surface area contributed by atoms with Crippen LogP contribution in [0.3, 0.4) is 0 Å². The van der Waals surface area contributed by atoms with Crippen molar-refractivity contribution < 1.29 is 14.2 Å². The first-order valence-corrected chi connectivity index (χ1v) is 6.49. The molecule has 3 heterocycles. The van der Waals surface area contributed by atoms with Crippen LogP contribution < -0.4 is 10.5 Å². The molecule has 3 rings (SSSR count). The van der Waals surface area contributed by atoms with Gasteiger partial charge >= 0.3 is 0 Å². The number of ether oxygens (including phenoxy) is 3. The molecule has 1 saturated heterocycles. The Morgan fingerprint density at radius 3 is 2.85 bits per heavy atom. The third-order valence-corrected chi connectivity index (χ3v) is 3.44. The van der Waals surface area contributed by atoms with Gasteiger partial charge in [-0.05, 0) is 0 Å². The maximum absolute atomic E-state index is 5.84. The van der Waals surface area contributed by atoms with E-state index in [1.165, 1.54) is 6.33 Å². The van der Waals surface area contributed by atoms with Crippen LogP contribution in [0.15, 0.2) is 6.33 Å². The van der Waals surface area contributed by atoms with E-state index in [0.29, 0.717) is 43.0 Å². The molecule has 0 aromatic heterocycles. The molecule has 1 fully saturated rings. The largest absolute Gasteiger partial charge is 0.470 e. The van der Waals surface area contributed by atoms with Crippen molar-refractivity contribution >= 4 is 5.95 Å². The summed E-state index contributed by atoms with van der Waals surface area (Å²) in [6, 6.07) is 0. The number of imidazole rings is 1. The standard InChI is InChI=1S/C12H17N5O3/c1-3-12(19-4-5-20-12)6-18-10-8-9(15-7-14-8)17(2)11(13)16-10/h7H,3-6H2,1-2H3,(H2,13,16). The highest BCUT2D eigenvalue weighted by molar-refractivity contribution is 5.60. The number of rotatable bonds is 4. The summed E-state index contributed by atoms with van der Waals surface area (Å²) in [6.07, 6.45) is 2.15. The highest BCUT2D eigenvalue weighted by Crippen LogP contribution is 2.30. The van der Waals surface area contributed by atoms with Gasteiger partial charge in [-0.3, -0.25) is 4.57 Å². The maximum Gasteiger partial charge on any atom is 0.247 e. The molecule has 0 amide bonds. The monoisotopic (exact) mass is 279 g/mol. The van der Waals surface area contributed by atoms with Crippen molar-refractivity contribution in [2.24, 2.45) is 7.05 Å². The lowest BCUT2D eigenvalue weighted by molar-refractivity contribution is -0.179. The van der Waals surface area contributed by atoms with E-state index in [1.807, 2.05) is 6.92 Å². The van der Waals surface area contributed by atoms with Gasteiger partial charge < -0.3 is 19.9 Å². The molecule has 0 aromatic rings. The molecule has 0 unspecified atom stereocenters. The molecule has 8 nitrogen and oxygen atoms in total. The average Bonchev–Trinajstić information content (AvgIpc) is 3.11. The lowest BCUT2D eigenvalue weighted by atomic mass is 10.2. The molecule has 0 spiro atoms. The number of nitrogen functional groups attached to an aromatic ring is 1. The van der Waals surface area contributed by atoms with Crippen LogP contribution in [0, 0.1) is 0 Å². The van der Waals surface area contributed by atoms with E-state index in [9.17, 15) is 0 Å². The van der Waals surface area contributed by atoms with Crippen LogP contribution in [0.4, 0.5) is 5.95 Å². The minimum Gasteiger partial charge on any atom is -0.470 e. The fourth-order valence-electron chi connectivity index (χ4n) is 2.16. The summed E-state index contributed by atoms with van der Waals surface area (Å²) in [5.41, 5.74) is 6.41. The second-order valence-electron chi connectivity index (χ2n) is 4.63. The summed E-state index contributed by atoms with van der Waals surface area (Å²) >= 11 is 0. The highest BCUT2D eigenvalue weighted by atomic mass is 16.8. The molecule has 108 valence electrons. The van der Waals surface area contributed by atoms with Gasteiger partial charge in [0.2, 0.25) is 17.6 Å². The third-order valence-electron chi connectivity index (χ3n) is 3.44. The Hall–Kier alpha value is -1.93. The Bertz CT molecular complexity index is 579. The van der Waals surface area contributed by atoms with Crippen molar-refractivity contribution in [2.45, 2.75) is 19.1 Å². The summed E-state index contributed by atoms with van der Waals surface area (Å²) in [5.74, 6) is 0.582. The van der Waals surface area contributed by atoms with E-state index in [4.69, 9.17) is 19.9 Å². The third kappa shape index (κ3) is 2.06. The first kappa shape index (κ1) is 13.1. The van der Waals surface area contributed by atoms with Gasteiger partial charge in [-0.1, -0.05) is 6.92 Å². The minimum atomic E-state index is -0.708. The van der Waals surface area contributed by atoms with Crippen molar-refractivity contribution in [3.8, 4) is 17.4 Å². The molecule has 0 saturated carbocycles. The zero-order chi connectivity index (χ0) is 14.2. The molecular weight excluding hydrogens is 262 g/mol. The first-order valence-electron chi connectivity index (χ1n) is 6.49. The van der Waals surface area contributed by atoms with Crippen molar-refractivity contribution in [1.29, 1.82) is 0 Å². The van der Waals surface area contributed by atoms with E-state index >= 15 is 0 Å². The number of nitrogens with two attached hydrogens (primary N) is 1. The quantitative estimate of drug-likeness (QED) is 0.866. The zero-order valence-electron chi connectivity index (χ0n) is 11.5. The fraction of sp³-hybridized carbons (Fsp3) is 0.583. The summed E-state index contributed by atoms with van der Waals surface area (Å²) in [4.78, 5) is 12.5. The average molecular weight is 279 g/mol. The second-order valence-corrected chi connectivity index (χ2v) is 4.63. The van der Waals surface area contributed by atoms with E-state index in [2.05, 4.69) is 15.0 Å². The molecule has 0 atom stereocenters. The summed E-state index contributed by atoms with van der Waals surface area (Å²) in [6.45, 7) is 3.37. The second kappa shape index (κ2) is 4.88. The number of nitrogens with zero attached hydrogens (tertiary/aromatic N) is 4. The van der Waals surface area contributed by atoms with Gasteiger partial charge in [-0.15, -0.1) is 0 Å². The molecule has 0 radical (unpaired) electrons. The van der Waals surface area contributed by atoms with Crippen LogP contribution in [0.1, 0.15) is 13.3 Å². The van der Waals surface area contributed by atoms with Crippen LogP contribution in [-0.2, 0) is 16.5 Å². The zero-order valence-corrected chi connectivity index (χ0v) is 11.5. The van der Waals surface area contributed by atoms with Crippen LogP contribution in [0.2, 0.25) is 0 Å². The maximum atomic E-state index is 5.84. The van der Waals surface area contributed by atoms with Crippen molar-refractivity contribution in [1.82, 2.24) is 19.5 Å². The van der Waals surface area contributed by atoms with Gasteiger partial charge in [-0.25, -0.2) is 9.97 Å². The normalized spacial score (nSPS) is 17.7. The van der Waals surface area contributed by atoms with Crippen LogP contribution in [0.25, 0.3) is 11.5 Å². The van der Waals surface area contributed by atoms with Gasteiger partial charge in [0.1, 0.15) is 12.9 Å². The van der Waals surface area contributed by atoms with E-state index in [1.54, 1.807) is 11.6 Å². The lowest BCUT2D eigenvalue weighted by Gasteiger charge is -2.25. The van der Waals surface area contributed by atoms with Crippen LogP contribution in [0.5, 0.6) is 5.88 Å². The number of fused-ring (bicyclic) bond motifs is 1. The van der Waals surface area contributed by atoms with Gasteiger partial charge in [-0.2, -0.15) is 4.98 Å². The Kier molecular flexibility index (Phi) is 3.19. The van der Waals surface area contributed by atoms with Crippen molar-refractivity contribution in [3.63, 3.8) is 0 Å². The smallest absolute Gasteiger partial charge is 0.247 e. The molecule has 0 bridgehead atoms. The molecule has 20 heavy (non-hydrogen) atoms. The van der Waals surface area contributed by atoms with Gasteiger partial charge in [0.15, 0.2) is 11.5 Å². The van der Waals surface area contributed by atoms with E-state index < -0.39 is 5.79 Å². The molecule has 8 heteroatoms. The van der Waals surface area contributed by atoms with Crippen molar-refractivity contribution in [2.75, 3.05) is 25.6 Å². The van der Waals surface area contributed by atoms with Crippen LogP contribution >= 0.6 is 0 Å². The van der Waals surface area contributed by atoms with Gasteiger partial charge in [0.25, 0.3) is 0 Å².